The smallest absolute Gasteiger partial charge is 0.258 e. The van der Waals surface area contributed by atoms with Crippen LogP contribution in [0, 0.1) is 10.1 Å². The summed E-state index contributed by atoms with van der Waals surface area (Å²) in [7, 11) is 0. The molecule has 1 aliphatic rings. The Morgan fingerprint density at radius 1 is 1.11 bits per heavy atom. The average molecular weight is 271 g/mol. The second kappa shape index (κ2) is 5.05. The Bertz CT molecular complexity index is 610. The van der Waals surface area contributed by atoms with Crippen LogP contribution in [0.3, 0.4) is 0 Å². The molecule has 3 nitrogen and oxygen atoms in total. The van der Waals surface area contributed by atoms with Crippen LogP contribution < -0.4 is 0 Å². The standard InChI is InChI=1S/C15H13NO2S/c17-16(18)14-7-5-11(6-8-14)13-9-12-3-1-2-4-15(12)19-10-13/h1-8,13H,9-10H2/t13-/m1/s1. The van der Waals surface area contributed by atoms with Crippen molar-refractivity contribution in [2.24, 2.45) is 0 Å². The van der Waals surface area contributed by atoms with Crippen molar-refractivity contribution in [3.8, 4) is 0 Å². The molecule has 0 saturated carbocycles. The minimum absolute atomic E-state index is 0.160. The molecule has 0 saturated heterocycles. The summed E-state index contributed by atoms with van der Waals surface area (Å²) in [6, 6.07) is 15.4. The lowest BCUT2D eigenvalue weighted by Gasteiger charge is -2.24. The van der Waals surface area contributed by atoms with Crippen LogP contribution in [0.4, 0.5) is 5.69 Å². The highest BCUT2D eigenvalue weighted by Crippen LogP contribution is 2.37. The van der Waals surface area contributed by atoms with Crippen LogP contribution in [0.1, 0.15) is 17.0 Å². The fourth-order valence-electron chi connectivity index (χ4n) is 2.41. The van der Waals surface area contributed by atoms with E-state index in [1.54, 1.807) is 12.1 Å². The summed E-state index contributed by atoms with van der Waals surface area (Å²) in [4.78, 5) is 11.7. The van der Waals surface area contributed by atoms with Crippen LogP contribution >= 0.6 is 11.8 Å². The van der Waals surface area contributed by atoms with Crippen molar-refractivity contribution >= 4 is 17.4 Å². The number of rotatable bonds is 2. The number of nitro groups is 1. The Morgan fingerprint density at radius 2 is 1.84 bits per heavy atom. The molecule has 0 N–H and O–H groups in total. The zero-order chi connectivity index (χ0) is 13.2. The molecular weight excluding hydrogens is 258 g/mol. The van der Waals surface area contributed by atoms with Crippen molar-refractivity contribution in [3.63, 3.8) is 0 Å². The fraction of sp³-hybridized carbons (Fsp3) is 0.200. The number of hydrogen-bond acceptors (Lipinski definition) is 3. The summed E-state index contributed by atoms with van der Waals surface area (Å²) in [6.07, 6.45) is 1.01. The van der Waals surface area contributed by atoms with Gasteiger partial charge in [-0.25, -0.2) is 0 Å². The van der Waals surface area contributed by atoms with Gasteiger partial charge in [0.25, 0.3) is 5.69 Å². The Morgan fingerprint density at radius 3 is 2.58 bits per heavy atom. The summed E-state index contributed by atoms with van der Waals surface area (Å²) in [5, 5.41) is 10.7. The van der Waals surface area contributed by atoms with Gasteiger partial charge in [0.2, 0.25) is 0 Å². The number of benzene rings is 2. The SMILES string of the molecule is O=[N+]([O-])c1ccc([C@H]2CSc3ccccc3C2)cc1. The van der Waals surface area contributed by atoms with Crippen molar-refractivity contribution < 1.29 is 4.92 Å². The third kappa shape index (κ3) is 2.49. The van der Waals surface area contributed by atoms with E-state index in [1.807, 2.05) is 23.9 Å². The normalized spacial score (nSPS) is 17.8. The second-order valence-corrected chi connectivity index (χ2v) is 5.73. The van der Waals surface area contributed by atoms with Crippen molar-refractivity contribution in [2.45, 2.75) is 17.2 Å². The molecule has 19 heavy (non-hydrogen) atoms. The summed E-state index contributed by atoms with van der Waals surface area (Å²) in [5.41, 5.74) is 2.72. The van der Waals surface area contributed by atoms with Crippen LogP contribution in [-0.2, 0) is 6.42 Å². The molecule has 0 aliphatic carbocycles. The van der Waals surface area contributed by atoms with E-state index in [-0.39, 0.29) is 10.6 Å². The Labute approximate surface area is 115 Å². The molecule has 2 aromatic rings. The highest BCUT2D eigenvalue weighted by molar-refractivity contribution is 7.99. The van der Waals surface area contributed by atoms with E-state index >= 15 is 0 Å². The molecule has 0 radical (unpaired) electrons. The summed E-state index contributed by atoms with van der Waals surface area (Å²) < 4.78 is 0. The second-order valence-electron chi connectivity index (χ2n) is 4.67. The molecule has 0 spiro atoms. The zero-order valence-corrected chi connectivity index (χ0v) is 11.1. The van der Waals surface area contributed by atoms with Crippen LogP contribution in [0.5, 0.6) is 0 Å². The van der Waals surface area contributed by atoms with Gasteiger partial charge >= 0.3 is 0 Å². The predicted molar refractivity (Wildman–Crippen MR) is 76.7 cm³/mol. The van der Waals surface area contributed by atoms with Crippen molar-refractivity contribution in [1.82, 2.24) is 0 Å². The number of nitrogens with zero attached hydrogens (tertiary/aromatic N) is 1. The Hall–Kier alpha value is -1.81. The highest BCUT2D eigenvalue weighted by Gasteiger charge is 2.20. The quantitative estimate of drug-likeness (QED) is 0.612. The summed E-state index contributed by atoms with van der Waals surface area (Å²) in [6.45, 7) is 0. The number of hydrogen-bond donors (Lipinski definition) is 0. The molecule has 0 fully saturated rings. The van der Waals surface area contributed by atoms with Gasteiger partial charge in [-0.15, -0.1) is 11.8 Å². The largest absolute Gasteiger partial charge is 0.269 e. The molecule has 2 aromatic carbocycles. The van der Waals surface area contributed by atoms with Crippen molar-refractivity contribution in [3.05, 3.63) is 69.8 Å². The van der Waals surface area contributed by atoms with Gasteiger partial charge in [0.1, 0.15) is 0 Å². The molecule has 0 bridgehead atoms. The van der Waals surface area contributed by atoms with Crippen LogP contribution in [0.25, 0.3) is 0 Å². The van der Waals surface area contributed by atoms with E-state index in [0.29, 0.717) is 5.92 Å². The van der Waals surface area contributed by atoms with Crippen molar-refractivity contribution in [1.29, 1.82) is 0 Å². The molecular formula is C15H13NO2S. The number of non-ortho nitro benzene ring substituents is 1. The maximum Gasteiger partial charge on any atom is 0.269 e. The van der Waals surface area contributed by atoms with E-state index < -0.39 is 0 Å². The van der Waals surface area contributed by atoms with Gasteiger partial charge in [-0.1, -0.05) is 30.3 Å². The Kier molecular flexibility index (Phi) is 3.25. The first kappa shape index (κ1) is 12.2. The number of fused-ring (bicyclic) bond motifs is 1. The lowest BCUT2D eigenvalue weighted by molar-refractivity contribution is -0.384. The fourth-order valence-corrected chi connectivity index (χ4v) is 3.61. The minimum atomic E-state index is -0.352. The van der Waals surface area contributed by atoms with Gasteiger partial charge < -0.3 is 0 Å². The lowest BCUT2D eigenvalue weighted by Crippen LogP contribution is -2.11. The van der Waals surface area contributed by atoms with Gasteiger partial charge in [-0.3, -0.25) is 10.1 Å². The van der Waals surface area contributed by atoms with Gasteiger partial charge in [0.05, 0.1) is 4.92 Å². The van der Waals surface area contributed by atoms with E-state index in [4.69, 9.17) is 0 Å². The van der Waals surface area contributed by atoms with E-state index in [0.717, 1.165) is 12.2 Å². The molecule has 1 aliphatic heterocycles. The topological polar surface area (TPSA) is 43.1 Å². The molecule has 0 unspecified atom stereocenters. The summed E-state index contributed by atoms with van der Waals surface area (Å²) in [5.74, 6) is 1.48. The van der Waals surface area contributed by atoms with Crippen LogP contribution in [0.2, 0.25) is 0 Å². The Balaban J connectivity index is 1.83. The van der Waals surface area contributed by atoms with Crippen LogP contribution in [-0.4, -0.2) is 10.7 Å². The van der Waals surface area contributed by atoms with Gasteiger partial charge in [-0.05, 0) is 29.5 Å². The third-order valence-corrected chi connectivity index (χ3v) is 4.73. The van der Waals surface area contributed by atoms with Gasteiger partial charge in [0.15, 0.2) is 0 Å². The molecule has 1 heterocycles. The number of nitro benzene ring substituents is 1. The predicted octanol–water partition coefficient (Wildman–Crippen LogP) is 4.03. The first-order valence-electron chi connectivity index (χ1n) is 6.19. The maximum atomic E-state index is 10.7. The molecule has 4 heteroatoms. The molecule has 3 rings (SSSR count). The molecule has 96 valence electrons. The van der Waals surface area contributed by atoms with Gasteiger partial charge in [0, 0.05) is 22.8 Å². The maximum absolute atomic E-state index is 10.7. The third-order valence-electron chi connectivity index (χ3n) is 3.45. The van der Waals surface area contributed by atoms with Crippen LogP contribution in [0.15, 0.2) is 53.4 Å². The monoisotopic (exact) mass is 271 g/mol. The highest BCUT2D eigenvalue weighted by atomic mass is 32.2. The van der Waals surface area contributed by atoms with Crippen molar-refractivity contribution in [2.75, 3.05) is 5.75 Å². The lowest BCUT2D eigenvalue weighted by atomic mass is 9.93. The molecule has 1 atom stereocenters. The average Bonchev–Trinajstić information content (AvgIpc) is 2.47. The first-order chi connectivity index (χ1) is 9.24. The molecule has 0 aromatic heterocycles. The number of thioether (sulfide) groups is 1. The summed E-state index contributed by atoms with van der Waals surface area (Å²) >= 11 is 1.87. The van der Waals surface area contributed by atoms with Gasteiger partial charge in [-0.2, -0.15) is 0 Å². The first-order valence-corrected chi connectivity index (χ1v) is 7.17. The minimum Gasteiger partial charge on any atom is -0.258 e. The van der Waals surface area contributed by atoms with E-state index in [9.17, 15) is 10.1 Å². The zero-order valence-electron chi connectivity index (χ0n) is 10.3. The van der Waals surface area contributed by atoms with E-state index in [2.05, 4.69) is 24.3 Å². The van der Waals surface area contributed by atoms with E-state index in [1.165, 1.54) is 16.0 Å². The molecule has 0 amide bonds.